The molecule has 2 heterocycles. The number of benzene rings is 2. The van der Waals surface area contributed by atoms with Crippen LogP contribution in [0.1, 0.15) is 19.8 Å². The van der Waals surface area contributed by atoms with E-state index in [-0.39, 0.29) is 17.6 Å². The van der Waals surface area contributed by atoms with Crippen LogP contribution in [0.2, 0.25) is 10.0 Å². The summed E-state index contributed by atoms with van der Waals surface area (Å²) < 4.78 is 7.36. The van der Waals surface area contributed by atoms with E-state index in [1.165, 1.54) is 11.8 Å². The Kier molecular flexibility index (Phi) is 6.86. The predicted molar refractivity (Wildman–Crippen MR) is 125 cm³/mol. The van der Waals surface area contributed by atoms with Crippen LogP contribution in [0.15, 0.2) is 52.4 Å². The van der Waals surface area contributed by atoms with Crippen LogP contribution in [-0.4, -0.2) is 33.4 Å². The first kappa shape index (κ1) is 22.1. The van der Waals surface area contributed by atoms with Crippen molar-refractivity contribution in [3.63, 3.8) is 0 Å². The SMILES string of the molecule is C[C@H](Sc1nc2ccccc2c(=O)n1C[C@H]1CCCO1)C(=O)Nc1cc(Cl)ccc1Cl. The van der Waals surface area contributed by atoms with E-state index in [9.17, 15) is 9.59 Å². The van der Waals surface area contributed by atoms with Crippen LogP contribution in [0.3, 0.4) is 0 Å². The van der Waals surface area contributed by atoms with Crippen molar-refractivity contribution in [2.75, 3.05) is 11.9 Å². The van der Waals surface area contributed by atoms with Gasteiger partial charge in [-0.2, -0.15) is 0 Å². The Balaban J connectivity index is 1.62. The van der Waals surface area contributed by atoms with Crippen molar-refractivity contribution in [3.8, 4) is 0 Å². The number of thioether (sulfide) groups is 1. The minimum absolute atomic E-state index is 0.0330. The lowest BCUT2D eigenvalue weighted by Crippen LogP contribution is -2.30. The Morgan fingerprint density at radius 3 is 2.90 bits per heavy atom. The van der Waals surface area contributed by atoms with E-state index in [1.54, 1.807) is 41.8 Å². The molecule has 3 aromatic rings. The number of nitrogens with zero attached hydrogens (tertiary/aromatic N) is 2. The van der Waals surface area contributed by atoms with Gasteiger partial charge in [-0.3, -0.25) is 14.2 Å². The molecule has 6 nitrogen and oxygen atoms in total. The number of hydrogen-bond donors (Lipinski definition) is 1. The standard InChI is InChI=1S/C22H21Cl2N3O3S/c1-13(20(28)25-19-11-14(23)8-9-17(19)24)31-22-26-18-7-3-2-6-16(18)21(29)27(22)12-15-5-4-10-30-15/h2-3,6-9,11,13,15H,4-5,10,12H2,1H3,(H,25,28)/t13-,15+/m0/s1. The molecular weight excluding hydrogens is 457 g/mol. The van der Waals surface area contributed by atoms with Crippen LogP contribution >= 0.6 is 35.0 Å². The van der Waals surface area contributed by atoms with Gasteiger partial charge in [0.25, 0.3) is 5.56 Å². The summed E-state index contributed by atoms with van der Waals surface area (Å²) in [5.41, 5.74) is 0.910. The number of halogens is 2. The normalized spacial score (nSPS) is 17.1. The zero-order valence-corrected chi connectivity index (χ0v) is 19.1. The minimum atomic E-state index is -0.529. The second-order valence-electron chi connectivity index (χ2n) is 7.34. The second-order valence-corrected chi connectivity index (χ2v) is 9.49. The lowest BCUT2D eigenvalue weighted by Gasteiger charge is -2.18. The second kappa shape index (κ2) is 9.61. The molecule has 0 unspecified atom stereocenters. The van der Waals surface area contributed by atoms with Crippen LogP contribution in [0.4, 0.5) is 5.69 Å². The van der Waals surface area contributed by atoms with Gasteiger partial charge in [-0.05, 0) is 50.1 Å². The van der Waals surface area contributed by atoms with Crippen LogP contribution < -0.4 is 10.9 Å². The van der Waals surface area contributed by atoms with Crippen molar-refractivity contribution in [2.24, 2.45) is 0 Å². The number of rotatable bonds is 6. The highest BCUT2D eigenvalue weighted by Crippen LogP contribution is 2.28. The van der Waals surface area contributed by atoms with E-state index in [0.717, 1.165) is 12.8 Å². The smallest absolute Gasteiger partial charge is 0.262 e. The maximum atomic E-state index is 13.2. The summed E-state index contributed by atoms with van der Waals surface area (Å²) in [5, 5.41) is 4.18. The summed E-state index contributed by atoms with van der Waals surface area (Å²) in [4.78, 5) is 30.7. The number of para-hydroxylation sites is 1. The van der Waals surface area contributed by atoms with E-state index >= 15 is 0 Å². The number of aromatic nitrogens is 2. The molecule has 1 amide bonds. The van der Waals surface area contributed by atoms with E-state index < -0.39 is 5.25 Å². The summed E-state index contributed by atoms with van der Waals surface area (Å²) in [6.07, 6.45) is 1.84. The molecule has 2 atom stereocenters. The number of nitrogens with one attached hydrogen (secondary N) is 1. The topological polar surface area (TPSA) is 73.2 Å². The molecule has 31 heavy (non-hydrogen) atoms. The average Bonchev–Trinajstić information content (AvgIpc) is 3.26. The number of hydrogen-bond acceptors (Lipinski definition) is 5. The quantitative estimate of drug-likeness (QED) is 0.399. The molecule has 1 aliphatic heterocycles. The third-order valence-corrected chi connectivity index (χ3v) is 6.73. The molecule has 4 rings (SSSR count). The summed E-state index contributed by atoms with van der Waals surface area (Å²) in [6.45, 7) is 2.87. The molecule has 9 heteroatoms. The Labute approximate surface area is 193 Å². The molecular formula is C22H21Cl2N3O3S. The Morgan fingerprint density at radius 1 is 1.32 bits per heavy atom. The van der Waals surface area contributed by atoms with E-state index in [2.05, 4.69) is 10.3 Å². The van der Waals surface area contributed by atoms with Gasteiger partial charge in [0.2, 0.25) is 5.91 Å². The van der Waals surface area contributed by atoms with Gasteiger partial charge >= 0.3 is 0 Å². The van der Waals surface area contributed by atoms with Gasteiger partial charge in [0.1, 0.15) is 0 Å². The van der Waals surface area contributed by atoms with Crippen molar-refractivity contribution in [3.05, 3.63) is 62.9 Å². The van der Waals surface area contributed by atoms with Gasteiger partial charge in [0, 0.05) is 11.6 Å². The zero-order valence-electron chi connectivity index (χ0n) is 16.8. The fourth-order valence-electron chi connectivity index (χ4n) is 3.43. The summed E-state index contributed by atoms with van der Waals surface area (Å²) in [6, 6.07) is 12.1. The molecule has 1 saturated heterocycles. The monoisotopic (exact) mass is 477 g/mol. The molecule has 0 spiro atoms. The van der Waals surface area contributed by atoms with Crippen molar-refractivity contribution < 1.29 is 9.53 Å². The first-order valence-electron chi connectivity index (χ1n) is 9.96. The lowest BCUT2D eigenvalue weighted by atomic mass is 10.2. The van der Waals surface area contributed by atoms with Crippen molar-refractivity contribution in [1.29, 1.82) is 0 Å². The highest BCUT2D eigenvalue weighted by atomic mass is 35.5. The van der Waals surface area contributed by atoms with Crippen molar-refractivity contribution in [2.45, 2.75) is 42.8 Å². The molecule has 1 aromatic heterocycles. The third kappa shape index (κ3) is 5.06. The first-order chi connectivity index (χ1) is 14.9. The number of ether oxygens (including phenoxy) is 1. The first-order valence-corrected chi connectivity index (χ1v) is 11.6. The summed E-state index contributed by atoms with van der Waals surface area (Å²) in [7, 11) is 0. The minimum Gasteiger partial charge on any atom is -0.376 e. The Bertz CT molecular complexity index is 1180. The summed E-state index contributed by atoms with van der Waals surface area (Å²) in [5.74, 6) is -0.264. The molecule has 1 N–H and O–H groups in total. The number of carbonyl (C=O) groups excluding carboxylic acids is 1. The molecule has 0 bridgehead atoms. The van der Waals surface area contributed by atoms with Crippen LogP contribution in [0, 0.1) is 0 Å². The van der Waals surface area contributed by atoms with Crippen LogP contribution in [0.25, 0.3) is 10.9 Å². The van der Waals surface area contributed by atoms with Gasteiger partial charge in [-0.1, -0.05) is 47.1 Å². The number of fused-ring (bicyclic) bond motifs is 1. The molecule has 1 aliphatic rings. The van der Waals surface area contributed by atoms with Gasteiger partial charge < -0.3 is 10.1 Å². The molecule has 0 saturated carbocycles. The molecule has 1 fully saturated rings. The van der Waals surface area contributed by atoms with Gasteiger partial charge in [-0.25, -0.2) is 4.98 Å². The molecule has 2 aromatic carbocycles. The number of carbonyl (C=O) groups is 1. The Morgan fingerprint density at radius 2 is 2.13 bits per heavy atom. The average molecular weight is 478 g/mol. The lowest BCUT2D eigenvalue weighted by molar-refractivity contribution is -0.115. The third-order valence-electron chi connectivity index (χ3n) is 5.07. The number of anilines is 1. The number of amides is 1. The van der Waals surface area contributed by atoms with Crippen LogP contribution in [0.5, 0.6) is 0 Å². The maximum absolute atomic E-state index is 13.2. The largest absolute Gasteiger partial charge is 0.376 e. The van der Waals surface area contributed by atoms with Gasteiger partial charge in [0.05, 0.1) is 39.5 Å². The predicted octanol–water partition coefficient (Wildman–Crippen LogP) is 5.00. The van der Waals surface area contributed by atoms with E-state index in [4.69, 9.17) is 27.9 Å². The van der Waals surface area contributed by atoms with Crippen molar-refractivity contribution in [1.82, 2.24) is 9.55 Å². The fourth-order valence-corrected chi connectivity index (χ4v) is 4.68. The molecule has 162 valence electrons. The highest BCUT2D eigenvalue weighted by molar-refractivity contribution is 8.00. The van der Waals surface area contributed by atoms with Gasteiger partial charge in [0.15, 0.2) is 5.16 Å². The maximum Gasteiger partial charge on any atom is 0.262 e. The molecule has 0 radical (unpaired) electrons. The fraction of sp³-hybridized carbons (Fsp3) is 0.318. The van der Waals surface area contributed by atoms with Gasteiger partial charge in [-0.15, -0.1) is 0 Å². The van der Waals surface area contributed by atoms with E-state index in [0.29, 0.717) is 44.9 Å². The molecule has 0 aliphatic carbocycles. The van der Waals surface area contributed by atoms with Crippen molar-refractivity contribution >= 4 is 57.5 Å². The van der Waals surface area contributed by atoms with Crippen LogP contribution in [-0.2, 0) is 16.1 Å². The zero-order chi connectivity index (χ0) is 22.0. The Hall–Kier alpha value is -2.06. The van der Waals surface area contributed by atoms with E-state index in [1.807, 2.05) is 12.1 Å². The highest BCUT2D eigenvalue weighted by Gasteiger charge is 2.23. The summed E-state index contributed by atoms with van der Waals surface area (Å²) >= 11 is 13.4.